The second kappa shape index (κ2) is 4.34. The monoisotopic (exact) mass is 325 g/mol. The van der Waals surface area contributed by atoms with Gasteiger partial charge in [0.1, 0.15) is 5.82 Å². The number of rotatable bonds is 2. The molecule has 100 valence electrons. The van der Waals surface area contributed by atoms with Crippen molar-refractivity contribution in [3.8, 4) is 0 Å². The van der Waals surface area contributed by atoms with Crippen LogP contribution in [0.5, 0.6) is 0 Å². The quantitative estimate of drug-likeness (QED) is 0.913. The molecule has 1 aliphatic heterocycles. The Morgan fingerprint density at radius 2 is 2.26 bits per heavy atom. The number of hydrogen-bond acceptors (Lipinski definition) is 1. The molecule has 0 saturated heterocycles. The summed E-state index contributed by atoms with van der Waals surface area (Å²) < 4.78 is 16.2. The second-order valence-corrected chi connectivity index (χ2v) is 5.92. The van der Waals surface area contributed by atoms with Crippen LogP contribution in [-0.4, -0.2) is 15.6 Å². The first kappa shape index (κ1) is 12.7. The molecule has 0 bridgehead atoms. The number of carbonyl (C=O) groups is 1. The predicted molar refractivity (Wildman–Crippen MR) is 73.8 cm³/mol. The van der Waals surface area contributed by atoms with Gasteiger partial charge in [0.15, 0.2) is 0 Å². The van der Waals surface area contributed by atoms with E-state index in [2.05, 4.69) is 15.9 Å². The largest absolute Gasteiger partial charge is 0.481 e. The fourth-order valence-corrected chi connectivity index (χ4v) is 3.49. The van der Waals surface area contributed by atoms with Crippen molar-refractivity contribution in [1.82, 2.24) is 4.57 Å². The molecule has 1 N–H and O–H groups in total. The molecular formula is C14H13BrFNO2. The molecule has 5 heteroatoms. The average molecular weight is 326 g/mol. The highest BCUT2D eigenvalue weighted by atomic mass is 79.9. The third kappa shape index (κ3) is 1.87. The normalized spacial score (nSPS) is 19.6. The molecule has 1 aliphatic rings. The zero-order valence-corrected chi connectivity index (χ0v) is 11.9. The number of benzene rings is 1. The minimum atomic E-state index is -0.783. The van der Waals surface area contributed by atoms with E-state index < -0.39 is 11.9 Å². The van der Waals surface area contributed by atoms with E-state index in [0.717, 1.165) is 29.6 Å². The Morgan fingerprint density at radius 3 is 2.95 bits per heavy atom. The summed E-state index contributed by atoms with van der Waals surface area (Å²) in [5.41, 5.74) is 1.83. The molecule has 1 aromatic heterocycles. The fraction of sp³-hybridized carbons (Fsp3) is 0.357. The Balaban J connectivity index is 2.17. The molecule has 0 radical (unpaired) electrons. The molecule has 0 spiro atoms. The van der Waals surface area contributed by atoms with Gasteiger partial charge < -0.3 is 9.67 Å². The number of carboxylic acids is 1. The maximum absolute atomic E-state index is 13.5. The van der Waals surface area contributed by atoms with Crippen LogP contribution in [0.15, 0.2) is 22.7 Å². The van der Waals surface area contributed by atoms with Crippen LogP contribution in [0.4, 0.5) is 4.39 Å². The van der Waals surface area contributed by atoms with Crippen LogP contribution >= 0.6 is 15.9 Å². The molecule has 3 rings (SSSR count). The molecule has 0 saturated carbocycles. The number of nitrogens with zero attached hydrogens (tertiary/aromatic N) is 1. The molecule has 0 aliphatic carbocycles. The molecule has 3 nitrogen and oxygen atoms in total. The Labute approximate surface area is 118 Å². The van der Waals surface area contributed by atoms with E-state index in [0.29, 0.717) is 4.47 Å². The summed E-state index contributed by atoms with van der Waals surface area (Å²) in [6.45, 7) is 2.48. The minimum absolute atomic E-state index is 0.000128. The highest BCUT2D eigenvalue weighted by molar-refractivity contribution is 9.10. The van der Waals surface area contributed by atoms with Crippen molar-refractivity contribution < 1.29 is 14.3 Å². The molecule has 2 heterocycles. The zero-order chi connectivity index (χ0) is 13.7. The first-order chi connectivity index (χ1) is 8.99. The highest BCUT2D eigenvalue weighted by Crippen LogP contribution is 2.40. The van der Waals surface area contributed by atoms with E-state index >= 15 is 0 Å². The summed E-state index contributed by atoms with van der Waals surface area (Å²) >= 11 is 3.36. The van der Waals surface area contributed by atoms with Crippen molar-refractivity contribution in [3.63, 3.8) is 0 Å². The summed E-state index contributed by atoms with van der Waals surface area (Å²) in [6.07, 6.45) is 0.798. The van der Waals surface area contributed by atoms with Crippen LogP contribution in [0, 0.1) is 11.7 Å². The van der Waals surface area contributed by atoms with Crippen LogP contribution < -0.4 is 0 Å². The Hall–Kier alpha value is -1.36. The van der Waals surface area contributed by atoms with Gasteiger partial charge in [0.25, 0.3) is 0 Å². The van der Waals surface area contributed by atoms with E-state index in [1.807, 2.05) is 10.6 Å². The van der Waals surface area contributed by atoms with Gasteiger partial charge >= 0.3 is 5.97 Å². The van der Waals surface area contributed by atoms with Crippen LogP contribution in [0.3, 0.4) is 0 Å². The lowest BCUT2D eigenvalue weighted by Crippen LogP contribution is -2.17. The number of aryl methyl sites for hydroxylation is 1. The third-order valence-corrected chi connectivity index (χ3v) is 4.66. The van der Waals surface area contributed by atoms with Crippen molar-refractivity contribution in [2.75, 3.05) is 0 Å². The number of fused-ring (bicyclic) bond motifs is 3. The lowest BCUT2D eigenvalue weighted by molar-refractivity contribution is -0.141. The second-order valence-electron chi connectivity index (χ2n) is 5.06. The summed E-state index contributed by atoms with van der Waals surface area (Å²) in [5, 5.41) is 10.1. The van der Waals surface area contributed by atoms with Crippen LogP contribution in [0.1, 0.15) is 25.0 Å². The van der Waals surface area contributed by atoms with Gasteiger partial charge in [-0.2, -0.15) is 0 Å². The number of carboxylic acid groups (broad SMARTS) is 1. The van der Waals surface area contributed by atoms with Gasteiger partial charge in [0.05, 0.1) is 11.4 Å². The van der Waals surface area contributed by atoms with Crippen LogP contribution in [0.25, 0.3) is 10.9 Å². The molecule has 19 heavy (non-hydrogen) atoms. The van der Waals surface area contributed by atoms with Crippen molar-refractivity contribution in [1.29, 1.82) is 0 Å². The van der Waals surface area contributed by atoms with Gasteiger partial charge in [-0.15, -0.1) is 0 Å². The summed E-state index contributed by atoms with van der Waals surface area (Å²) in [7, 11) is 0. The lowest BCUT2D eigenvalue weighted by atomic mass is 9.90. The van der Waals surface area contributed by atoms with Crippen molar-refractivity contribution in [2.45, 2.75) is 25.8 Å². The number of hydrogen-bond donors (Lipinski definition) is 1. The molecule has 2 aromatic rings. The van der Waals surface area contributed by atoms with E-state index in [1.54, 1.807) is 6.92 Å². The molecule has 2 unspecified atom stereocenters. The smallest absolute Gasteiger partial charge is 0.306 e. The molecule has 0 fully saturated rings. The standard InChI is InChI=1S/C14H13BrFNO2/c1-7(14(18)19)9-2-3-17-12-5-8(16)4-11(15)10(12)6-13(9)17/h4-7,9H,2-3H2,1H3,(H,18,19). The van der Waals surface area contributed by atoms with E-state index in [9.17, 15) is 9.18 Å². The Kier molecular flexibility index (Phi) is 2.89. The molecular weight excluding hydrogens is 313 g/mol. The number of halogens is 2. The third-order valence-electron chi connectivity index (χ3n) is 4.00. The van der Waals surface area contributed by atoms with Crippen molar-refractivity contribution in [3.05, 3.63) is 34.2 Å². The van der Waals surface area contributed by atoms with E-state index in [1.165, 1.54) is 12.1 Å². The van der Waals surface area contributed by atoms with Crippen LogP contribution in [-0.2, 0) is 11.3 Å². The van der Waals surface area contributed by atoms with Gasteiger partial charge in [-0.3, -0.25) is 4.79 Å². The first-order valence-corrected chi connectivity index (χ1v) is 6.99. The predicted octanol–water partition coefficient (Wildman–Crippen LogP) is 3.75. The summed E-state index contributed by atoms with van der Waals surface area (Å²) in [5.74, 6) is -1.49. The number of aromatic nitrogens is 1. The first-order valence-electron chi connectivity index (χ1n) is 6.20. The molecule has 0 amide bonds. The zero-order valence-electron chi connectivity index (χ0n) is 10.4. The number of aliphatic carboxylic acids is 1. The molecule has 1 aromatic carbocycles. The topological polar surface area (TPSA) is 42.2 Å². The van der Waals surface area contributed by atoms with Gasteiger partial charge in [0, 0.05) is 28.0 Å². The summed E-state index contributed by atoms with van der Waals surface area (Å²) in [4.78, 5) is 11.2. The van der Waals surface area contributed by atoms with Gasteiger partial charge in [-0.25, -0.2) is 4.39 Å². The fourth-order valence-electron chi connectivity index (χ4n) is 2.95. The summed E-state index contributed by atoms with van der Waals surface area (Å²) in [6, 6.07) is 4.93. The average Bonchev–Trinajstić information content (AvgIpc) is 2.87. The van der Waals surface area contributed by atoms with E-state index in [-0.39, 0.29) is 11.7 Å². The maximum Gasteiger partial charge on any atom is 0.306 e. The van der Waals surface area contributed by atoms with Gasteiger partial charge in [-0.1, -0.05) is 6.92 Å². The minimum Gasteiger partial charge on any atom is -0.481 e. The van der Waals surface area contributed by atoms with Gasteiger partial charge in [0.2, 0.25) is 0 Å². The van der Waals surface area contributed by atoms with E-state index in [4.69, 9.17) is 5.11 Å². The van der Waals surface area contributed by atoms with Gasteiger partial charge in [-0.05, 0) is 40.5 Å². The highest BCUT2D eigenvalue weighted by Gasteiger charge is 2.33. The van der Waals surface area contributed by atoms with Crippen molar-refractivity contribution in [2.24, 2.45) is 5.92 Å². The van der Waals surface area contributed by atoms with Crippen LogP contribution in [0.2, 0.25) is 0 Å². The SMILES string of the molecule is CC(C(=O)O)C1CCn2c1cc1c(Br)cc(F)cc12. The molecule has 2 atom stereocenters. The Morgan fingerprint density at radius 1 is 1.53 bits per heavy atom. The van der Waals surface area contributed by atoms with Crippen molar-refractivity contribution >= 4 is 32.8 Å². The maximum atomic E-state index is 13.5. The lowest BCUT2D eigenvalue weighted by Gasteiger charge is -2.13. The Bertz CT molecular complexity index is 680.